The fourth-order valence-electron chi connectivity index (χ4n) is 4.72. The van der Waals surface area contributed by atoms with E-state index in [1.165, 1.54) is 18.5 Å². The van der Waals surface area contributed by atoms with Crippen LogP contribution in [0, 0.1) is 11.6 Å². The number of aliphatic hydroxyl groups is 1. The largest absolute Gasteiger partial charge is 0.389 e. The third-order valence-electron chi connectivity index (χ3n) is 6.52. The van der Waals surface area contributed by atoms with E-state index in [-0.39, 0.29) is 17.3 Å². The lowest BCUT2D eigenvalue weighted by atomic mass is 10.1. The highest BCUT2D eigenvalue weighted by atomic mass is 19.2. The van der Waals surface area contributed by atoms with E-state index in [1.54, 1.807) is 41.6 Å². The van der Waals surface area contributed by atoms with Gasteiger partial charge in [-0.15, -0.1) is 0 Å². The molecule has 40 heavy (non-hydrogen) atoms. The number of anilines is 3. The number of amides is 1. The van der Waals surface area contributed by atoms with Crippen molar-refractivity contribution in [2.75, 3.05) is 42.9 Å². The number of rotatable bonds is 8. The Hall–Kier alpha value is -4.42. The van der Waals surface area contributed by atoms with E-state index in [1.807, 2.05) is 24.3 Å². The SMILES string of the molecule is CC(C)(O)CN1CCN(c2ccc(Nc3ncn4cnc(-c5cccc(C=CC(N)=O)c5)c4n3)c(F)c2F)CC1. The van der Waals surface area contributed by atoms with E-state index in [0.29, 0.717) is 44.1 Å². The molecule has 10 nitrogen and oxygen atoms in total. The molecule has 0 spiro atoms. The van der Waals surface area contributed by atoms with Gasteiger partial charge in [-0.25, -0.2) is 18.7 Å². The first-order chi connectivity index (χ1) is 19.1. The van der Waals surface area contributed by atoms with Gasteiger partial charge in [0.05, 0.1) is 17.0 Å². The smallest absolute Gasteiger partial charge is 0.241 e. The zero-order chi connectivity index (χ0) is 28.4. The van der Waals surface area contributed by atoms with E-state index in [0.717, 1.165) is 11.1 Å². The van der Waals surface area contributed by atoms with Crippen molar-refractivity contribution in [2.24, 2.45) is 5.73 Å². The summed E-state index contributed by atoms with van der Waals surface area (Å²) in [5.74, 6) is -2.46. The third-order valence-corrected chi connectivity index (χ3v) is 6.52. The quantitative estimate of drug-likeness (QED) is 0.287. The fourth-order valence-corrected chi connectivity index (χ4v) is 4.72. The Morgan fingerprint density at radius 2 is 1.85 bits per heavy atom. The molecule has 1 aliphatic heterocycles. The minimum absolute atomic E-state index is 0.0744. The first-order valence-corrected chi connectivity index (χ1v) is 12.8. The second-order valence-electron chi connectivity index (χ2n) is 10.3. The monoisotopic (exact) mass is 548 g/mol. The summed E-state index contributed by atoms with van der Waals surface area (Å²) in [5.41, 5.74) is 6.96. The van der Waals surface area contributed by atoms with Crippen LogP contribution in [-0.4, -0.2) is 73.6 Å². The number of aromatic nitrogens is 4. The Bertz CT molecular complexity index is 1570. The Labute approximate surface area is 229 Å². The number of piperazine rings is 1. The van der Waals surface area contributed by atoms with Crippen molar-refractivity contribution in [3.05, 3.63) is 72.3 Å². The highest BCUT2D eigenvalue weighted by Crippen LogP contribution is 2.30. The van der Waals surface area contributed by atoms with Crippen molar-refractivity contribution in [1.29, 1.82) is 0 Å². The molecule has 0 unspecified atom stereocenters. The van der Waals surface area contributed by atoms with Gasteiger partial charge in [-0.3, -0.25) is 14.1 Å². The molecule has 1 amide bonds. The summed E-state index contributed by atoms with van der Waals surface area (Å²) >= 11 is 0. The predicted molar refractivity (Wildman–Crippen MR) is 149 cm³/mol. The molecule has 4 aromatic rings. The summed E-state index contributed by atoms with van der Waals surface area (Å²) in [6.07, 6.45) is 5.90. The molecule has 12 heteroatoms. The van der Waals surface area contributed by atoms with Crippen LogP contribution < -0.4 is 16.0 Å². The Morgan fingerprint density at radius 3 is 2.58 bits per heavy atom. The van der Waals surface area contributed by atoms with E-state index in [9.17, 15) is 9.90 Å². The number of carbonyl (C=O) groups is 1. The third kappa shape index (κ3) is 6.08. The molecule has 4 N–H and O–H groups in total. The van der Waals surface area contributed by atoms with Crippen LogP contribution in [0.1, 0.15) is 19.4 Å². The minimum Gasteiger partial charge on any atom is -0.389 e. The lowest BCUT2D eigenvalue weighted by Crippen LogP contribution is -2.50. The van der Waals surface area contributed by atoms with E-state index < -0.39 is 23.1 Å². The van der Waals surface area contributed by atoms with Crippen LogP contribution in [0.15, 0.2) is 55.1 Å². The van der Waals surface area contributed by atoms with Crippen LogP contribution in [0.25, 0.3) is 23.0 Å². The highest BCUT2D eigenvalue weighted by Gasteiger charge is 2.25. The topological polar surface area (TPSA) is 125 Å². The van der Waals surface area contributed by atoms with Gasteiger partial charge in [0.2, 0.25) is 11.9 Å². The molecule has 3 heterocycles. The van der Waals surface area contributed by atoms with Gasteiger partial charge >= 0.3 is 0 Å². The maximum absolute atomic E-state index is 15.2. The minimum atomic E-state index is -1.03. The van der Waals surface area contributed by atoms with Gasteiger partial charge in [0.15, 0.2) is 17.3 Å². The zero-order valence-electron chi connectivity index (χ0n) is 22.2. The first-order valence-electron chi connectivity index (χ1n) is 12.8. The molecular formula is C28H30F2N8O2. The number of benzene rings is 2. The number of carbonyl (C=O) groups excluding carboxylic acids is 1. The van der Waals surface area contributed by atoms with Crippen LogP contribution >= 0.6 is 0 Å². The maximum atomic E-state index is 15.2. The zero-order valence-corrected chi connectivity index (χ0v) is 22.2. The van der Waals surface area contributed by atoms with E-state index in [4.69, 9.17) is 5.73 Å². The standard InChI is InChI=1S/C28H30F2N8O2/c1-28(2,40)15-36-10-12-37(13-11-36)21-8-7-20(23(29)24(21)30)34-27-33-17-38-16-32-25(26(38)35-27)19-5-3-4-18(14-19)6-9-22(31)39/h3-9,14,16-17,40H,10-13,15H2,1-2H3,(H2,31,39)(H,34,35). The van der Waals surface area contributed by atoms with Gasteiger partial charge in [0, 0.05) is 44.4 Å². The predicted octanol–water partition coefficient (Wildman–Crippen LogP) is 3.20. The summed E-state index contributed by atoms with van der Waals surface area (Å²) in [6.45, 7) is 6.32. The van der Waals surface area contributed by atoms with Crippen molar-refractivity contribution >= 4 is 35.0 Å². The molecule has 5 rings (SSSR count). The van der Waals surface area contributed by atoms with Crippen molar-refractivity contribution in [1.82, 2.24) is 24.3 Å². The normalized spacial score (nSPS) is 14.8. The number of primary amides is 1. The second-order valence-corrected chi connectivity index (χ2v) is 10.3. The van der Waals surface area contributed by atoms with Gasteiger partial charge in [-0.05, 0) is 43.7 Å². The van der Waals surface area contributed by atoms with Gasteiger partial charge in [0.25, 0.3) is 0 Å². The molecular weight excluding hydrogens is 518 g/mol. The molecule has 2 aromatic heterocycles. The molecule has 1 saturated heterocycles. The average Bonchev–Trinajstić information content (AvgIpc) is 3.33. The summed E-state index contributed by atoms with van der Waals surface area (Å²) < 4.78 is 31.9. The van der Waals surface area contributed by atoms with Crippen molar-refractivity contribution in [2.45, 2.75) is 19.4 Å². The van der Waals surface area contributed by atoms with Crippen LogP contribution in [0.2, 0.25) is 0 Å². The van der Waals surface area contributed by atoms with Crippen molar-refractivity contribution in [3.63, 3.8) is 0 Å². The number of β-amino-alcohol motifs (C(OH)–C–C–N with tert-alkyl or cyclic N) is 1. The summed E-state index contributed by atoms with van der Waals surface area (Å²) in [4.78, 5) is 28.1. The number of imidazole rings is 1. The average molecular weight is 549 g/mol. The molecule has 208 valence electrons. The van der Waals surface area contributed by atoms with Gasteiger partial charge < -0.3 is 21.1 Å². The van der Waals surface area contributed by atoms with Crippen LogP contribution in [0.3, 0.4) is 0 Å². The second kappa shape index (κ2) is 11.0. The fraction of sp³-hybridized carbons (Fsp3) is 0.286. The number of nitrogens with one attached hydrogen (secondary N) is 1. The van der Waals surface area contributed by atoms with E-state index >= 15 is 8.78 Å². The lowest BCUT2D eigenvalue weighted by molar-refractivity contribution is -0.113. The van der Waals surface area contributed by atoms with Crippen molar-refractivity contribution < 1.29 is 18.7 Å². The van der Waals surface area contributed by atoms with Gasteiger partial charge in [0.1, 0.15) is 18.3 Å². The molecule has 0 atom stereocenters. The van der Waals surface area contributed by atoms with Crippen LogP contribution in [0.5, 0.6) is 0 Å². The molecule has 1 fully saturated rings. The summed E-state index contributed by atoms with van der Waals surface area (Å²) in [7, 11) is 0. The number of hydrogen-bond donors (Lipinski definition) is 3. The summed E-state index contributed by atoms with van der Waals surface area (Å²) in [5, 5.41) is 12.8. The number of nitrogens with two attached hydrogens (primary N) is 1. The van der Waals surface area contributed by atoms with Crippen LogP contribution in [-0.2, 0) is 4.79 Å². The van der Waals surface area contributed by atoms with Gasteiger partial charge in [-0.2, -0.15) is 4.98 Å². The number of halogens is 2. The summed E-state index contributed by atoms with van der Waals surface area (Å²) in [6, 6.07) is 10.3. The molecule has 0 saturated carbocycles. The first kappa shape index (κ1) is 27.2. The van der Waals surface area contributed by atoms with E-state index in [2.05, 4.69) is 25.2 Å². The molecule has 0 radical (unpaired) electrons. The van der Waals surface area contributed by atoms with Crippen molar-refractivity contribution in [3.8, 4) is 11.3 Å². The highest BCUT2D eigenvalue weighted by molar-refractivity contribution is 5.90. The lowest BCUT2D eigenvalue weighted by Gasteiger charge is -2.38. The molecule has 0 bridgehead atoms. The Morgan fingerprint density at radius 1 is 1.10 bits per heavy atom. The molecule has 2 aromatic carbocycles. The Kier molecular flexibility index (Phi) is 7.46. The van der Waals surface area contributed by atoms with Gasteiger partial charge in [-0.1, -0.05) is 18.2 Å². The number of fused-ring (bicyclic) bond motifs is 1. The molecule has 1 aliphatic rings. The number of nitrogens with zero attached hydrogens (tertiary/aromatic N) is 6. The maximum Gasteiger partial charge on any atom is 0.241 e. The molecule has 0 aliphatic carbocycles. The van der Waals surface area contributed by atoms with Crippen LogP contribution in [0.4, 0.5) is 26.1 Å². The number of hydrogen-bond acceptors (Lipinski definition) is 8. The Balaban J connectivity index is 1.35.